The van der Waals surface area contributed by atoms with Crippen molar-refractivity contribution in [3.8, 4) is 0 Å². The van der Waals surface area contributed by atoms with Crippen LogP contribution in [0.25, 0.3) is 0 Å². The number of pyridine rings is 1. The Bertz CT molecular complexity index is 412. The molecule has 118 valence electrons. The molecule has 0 aromatic carbocycles. The van der Waals surface area contributed by atoms with E-state index < -0.39 is 0 Å². The maximum absolute atomic E-state index is 5.79. The molecular weight excluding hydrogens is 264 g/mol. The molecule has 1 aromatic heterocycles. The molecule has 0 spiro atoms. The highest BCUT2D eigenvalue weighted by Gasteiger charge is 2.28. The van der Waals surface area contributed by atoms with E-state index in [4.69, 9.17) is 9.47 Å². The SMILES string of the molecule is CCCNC(COCCOC)C1CCCc2cccnc21. The van der Waals surface area contributed by atoms with Gasteiger partial charge in [0.2, 0.25) is 0 Å². The van der Waals surface area contributed by atoms with Gasteiger partial charge in [-0.3, -0.25) is 4.98 Å². The number of nitrogens with one attached hydrogen (secondary N) is 1. The smallest absolute Gasteiger partial charge is 0.0701 e. The van der Waals surface area contributed by atoms with Gasteiger partial charge in [0.25, 0.3) is 0 Å². The molecule has 1 aromatic rings. The molecular formula is C17H28N2O2. The molecule has 2 atom stereocenters. The fraction of sp³-hybridized carbons (Fsp3) is 0.706. The van der Waals surface area contributed by atoms with Crippen LogP contribution in [0.4, 0.5) is 0 Å². The highest BCUT2D eigenvalue weighted by Crippen LogP contribution is 2.32. The molecule has 1 aliphatic rings. The van der Waals surface area contributed by atoms with Gasteiger partial charge in [-0.25, -0.2) is 0 Å². The van der Waals surface area contributed by atoms with Crippen molar-refractivity contribution in [2.45, 2.75) is 44.6 Å². The molecule has 0 saturated heterocycles. The van der Waals surface area contributed by atoms with Gasteiger partial charge >= 0.3 is 0 Å². The third-order valence-corrected chi connectivity index (χ3v) is 4.11. The summed E-state index contributed by atoms with van der Waals surface area (Å²) in [7, 11) is 1.71. The average Bonchev–Trinajstić information content (AvgIpc) is 2.54. The fourth-order valence-electron chi connectivity index (χ4n) is 3.04. The zero-order valence-corrected chi connectivity index (χ0v) is 13.3. The number of aryl methyl sites for hydroxylation is 1. The van der Waals surface area contributed by atoms with Crippen LogP contribution < -0.4 is 5.32 Å². The van der Waals surface area contributed by atoms with Crippen molar-refractivity contribution in [1.82, 2.24) is 10.3 Å². The molecule has 0 bridgehead atoms. The number of nitrogens with zero attached hydrogens (tertiary/aromatic N) is 1. The molecule has 1 heterocycles. The first kappa shape index (κ1) is 16.4. The van der Waals surface area contributed by atoms with Crippen LogP contribution >= 0.6 is 0 Å². The zero-order valence-electron chi connectivity index (χ0n) is 13.3. The van der Waals surface area contributed by atoms with Crippen molar-refractivity contribution in [3.63, 3.8) is 0 Å². The Hall–Kier alpha value is -0.970. The lowest BCUT2D eigenvalue weighted by Crippen LogP contribution is -2.41. The second-order valence-electron chi connectivity index (χ2n) is 5.67. The Kier molecular flexibility index (Phi) is 7.13. The lowest BCUT2D eigenvalue weighted by Gasteiger charge is -2.32. The summed E-state index contributed by atoms with van der Waals surface area (Å²) in [6.45, 7) is 5.26. The van der Waals surface area contributed by atoms with Gasteiger partial charge in [0.05, 0.1) is 19.8 Å². The van der Waals surface area contributed by atoms with E-state index >= 15 is 0 Å². The highest BCUT2D eigenvalue weighted by atomic mass is 16.5. The van der Waals surface area contributed by atoms with Crippen LogP contribution in [0.3, 0.4) is 0 Å². The van der Waals surface area contributed by atoms with Crippen LogP contribution in [-0.4, -0.2) is 44.5 Å². The Morgan fingerprint density at radius 1 is 1.43 bits per heavy atom. The van der Waals surface area contributed by atoms with Crippen molar-refractivity contribution < 1.29 is 9.47 Å². The van der Waals surface area contributed by atoms with Crippen LogP contribution in [0.15, 0.2) is 18.3 Å². The Morgan fingerprint density at radius 3 is 3.14 bits per heavy atom. The van der Waals surface area contributed by atoms with E-state index in [1.165, 1.54) is 24.1 Å². The maximum atomic E-state index is 5.79. The third-order valence-electron chi connectivity index (χ3n) is 4.11. The predicted octanol–water partition coefficient (Wildman–Crippen LogP) is 2.53. The van der Waals surface area contributed by atoms with Crippen molar-refractivity contribution in [2.75, 3.05) is 33.5 Å². The number of rotatable bonds is 9. The zero-order chi connectivity index (χ0) is 14.9. The first-order valence-electron chi connectivity index (χ1n) is 8.10. The monoisotopic (exact) mass is 292 g/mol. The van der Waals surface area contributed by atoms with Crippen molar-refractivity contribution >= 4 is 0 Å². The number of hydrogen-bond acceptors (Lipinski definition) is 4. The van der Waals surface area contributed by atoms with Gasteiger partial charge in [-0.05, 0) is 43.9 Å². The summed E-state index contributed by atoms with van der Waals surface area (Å²) < 4.78 is 10.8. The second kappa shape index (κ2) is 9.13. The van der Waals surface area contributed by atoms with Crippen LogP contribution in [0.2, 0.25) is 0 Å². The molecule has 0 fully saturated rings. The molecule has 1 aliphatic carbocycles. The summed E-state index contributed by atoms with van der Waals surface area (Å²) in [6, 6.07) is 4.61. The fourth-order valence-corrected chi connectivity index (χ4v) is 3.04. The van der Waals surface area contributed by atoms with Gasteiger partial charge in [-0.15, -0.1) is 0 Å². The van der Waals surface area contributed by atoms with Gasteiger partial charge in [0.15, 0.2) is 0 Å². The minimum absolute atomic E-state index is 0.343. The van der Waals surface area contributed by atoms with Gasteiger partial charge in [-0.2, -0.15) is 0 Å². The molecule has 1 N–H and O–H groups in total. The number of ether oxygens (including phenoxy) is 2. The highest BCUT2D eigenvalue weighted by molar-refractivity contribution is 5.27. The van der Waals surface area contributed by atoms with Gasteiger partial charge in [0, 0.05) is 31.0 Å². The van der Waals surface area contributed by atoms with E-state index in [1.54, 1.807) is 7.11 Å². The molecule has 4 heteroatoms. The molecule has 2 rings (SSSR count). The van der Waals surface area contributed by atoms with Crippen molar-refractivity contribution in [3.05, 3.63) is 29.6 Å². The van der Waals surface area contributed by atoms with Crippen LogP contribution in [0.1, 0.15) is 43.4 Å². The Morgan fingerprint density at radius 2 is 2.33 bits per heavy atom. The van der Waals surface area contributed by atoms with Crippen LogP contribution in [-0.2, 0) is 15.9 Å². The standard InChI is InChI=1S/C17H28N2O2/c1-3-9-18-16(13-21-12-11-20-2)15-8-4-6-14-7-5-10-19-17(14)15/h5,7,10,15-16,18H,3-4,6,8-9,11-13H2,1-2H3. The topological polar surface area (TPSA) is 43.4 Å². The van der Waals surface area contributed by atoms with E-state index in [2.05, 4.69) is 23.3 Å². The molecule has 0 amide bonds. The Balaban J connectivity index is 2.02. The molecule has 0 aliphatic heterocycles. The molecule has 0 radical (unpaired) electrons. The maximum Gasteiger partial charge on any atom is 0.0701 e. The van der Waals surface area contributed by atoms with E-state index in [0.29, 0.717) is 25.2 Å². The average molecular weight is 292 g/mol. The quantitative estimate of drug-likeness (QED) is 0.710. The van der Waals surface area contributed by atoms with E-state index in [9.17, 15) is 0 Å². The lowest BCUT2D eigenvalue weighted by atomic mass is 9.82. The molecule has 21 heavy (non-hydrogen) atoms. The first-order chi connectivity index (χ1) is 10.4. The van der Waals surface area contributed by atoms with Gasteiger partial charge in [0.1, 0.15) is 0 Å². The number of hydrogen-bond donors (Lipinski definition) is 1. The Labute approximate surface area is 128 Å². The van der Waals surface area contributed by atoms with E-state index in [-0.39, 0.29) is 0 Å². The molecule has 0 saturated carbocycles. The van der Waals surface area contributed by atoms with E-state index in [1.807, 2.05) is 12.3 Å². The lowest BCUT2D eigenvalue weighted by molar-refractivity contribution is 0.0533. The minimum atomic E-state index is 0.343. The second-order valence-corrected chi connectivity index (χ2v) is 5.67. The van der Waals surface area contributed by atoms with E-state index in [0.717, 1.165) is 26.0 Å². The summed E-state index contributed by atoms with van der Waals surface area (Å²) >= 11 is 0. The van der Waals surface area contributed by atoms with Crippen molar-refractivity contribution in [1.29, 1.82) is 0 Å². The van der Waals surface area contributed by atoms with Crippen molar-refractivity contribution in [2.24, 2.45) is 0 Å². The first-order valence-corrected chi connectivity index (χ1v) is 8.10. The normalized spacial score (nSPS) is 19.2. The van der Waals surface area contributed by atoms with Crippen LogP contribution in [0, 0.1) is 0 Å². The number of fused-ring (bicyclic) bond motifs is 1. The number of aromatic nitrogens is 1. The minimum Gasteiger partial charge on any atom is -0.382 e. The molecule has 4 nitrogen and oxygen atoms in total. The molecule has 2 unspecified atom stereocenters. The summed E-state index contributed by atoms with van der Waals surface area (Å²) in [5.41, 5.74) is 2.68. The summed E-state index contributed by atoms with van der Waals surface area (Å²) in [5.74, 6) is 0.462. The third kappa shape index (κ3) is 4.77. The largest absolute Gasteiger partial charge is 0.382 e. The summed E-state index contributed by atoms with van der Waals surface area (Å²) in [4.78, 5) is 4.65. The van der Waals surface area contributed by atoms with Gasteiger partial charge in [-0.1, -0.05) is 13.0 Å². The van der Waals surface area contributed by atoms with Crippen LogP contribution in [0.5, 0.6) is 0 Å². The van der Waals surface area contributed by atoms with Gasteiger partial charge < -0.3 is 14.8 Å². The number of methoxy groups -OCH3 is 1. The summed E-state index contributed by atoms with van der Waals surface area (Å²) in [5, 5.41) is 3.65. The predicted molar refractivity (Wildman–Crippen MR) is 84.7 cm³/mol. The summed E-state index contributed by atoms with van der Waals surface area (Å²) in [6.07, 6.45) is 6.64.